The molecule has 2 aliphatic heterocycles. The summed E-state index contributed by atoms with van der Waals surface area (Å²) in [6.07, 6.45) is 1.73. The van der Waals surface area contributed by atoms with Crippen molar-refractivity contribution in [3.63, 3.8) is 0 Å². The molecule has 0 amide bonds. The Morgan fingerprint density at radius 3 is 1.25 bits per heavy atom. The van der Waals surface area contributed by atoms with Crippen molar-refractivity contribution in [2.24, 2.45) is 10.8 Å². The molecular formula is C20H32O8. The minimum atomic E-state index is -0.775. The summed E-state index contributed by atoms with van der Waals surface area (Å²) in [7, 11) is 0. The predicted molar refractivity (Wildman–Crippen MR) is 97.2 cm³/mol. The van der Waals surface area contributed by atoms with Crippen molar-refractivity contribution in [3.05, 3.63) is 0 Å². The van der Waals surface area contributed by atoms with Crippen molar-refractivity contribution in [2.45, 2.75) is 78.2 Å². The molecule has 2 heterocycles. The number of ether oxygens (including phenoxy) is 6. The van der Waals surface area contributed by atoms with E-state index in [1.165, 1.54) is 0 Å². The van der Waals surface area contributed by atoms with E-state index in [-0.39, 0.29) is 36.7 Å². The van der Waals surface area contributed by atoms with Crippen LogP contribution in [0, 0.1) is 10.8 Å². The smallest absolute Gasteiger partial charge is 0.316 e. The Morgan fingerprint density at radius 2 is 0.964 bits per heavy atom. The van der Waals surface area contributed by atoms with Gasteiger partial charge in [-0.3, -0.25) is 9.59 Å². The molecule has 0 unspecified atom stereocenters. The van der Waals surface area contributed by atoms with Gasteiger partial charge in [0.25, 0.3) is 0 Å². The van der Waals surface area contributed by atoms with Gasteiger partial charge in [-0.1, -0.05) is 0 Å². The lowest BCUT2D eigenvalue weighted by Crippen LogP contribution is -2.47. The summed E-state index contributed by atoms with van der Waals surface area (Å²) in [6, 6.07) is 0. The zero-order chi connectivity index (χ0) is 20.4. The Bertz CT molecular complexity index is 503. The Hall–Kier alpha value is -1.22. The van der Waals surface area contributed by atoms with E-state index >= 15 is 0 Å². The molecule has 8 heteroatoms. The van der Waals surface area contributed by atoms with Gasteiger partial charge < -0.3 is 28.4 Å². The van der Waals surface area contributed by atoms with Crippen LogP contribution in [0.3, 0.4) is 0 Å². The van der Waals surface area contributed by atoms with E-state index in [1.54, 1.807) is 27.7 Å². The lowest BCUT2D eigenvalue weighted by molar-refractivity contribution is -0.231. The zero-order valence-corrected chi connectivity index (χ0v) is 17.2. The molecule has 1 saturated carbocycles. The highest BCUT2D eigenvalue weighted by Gasteiger charge is 2.43. The van der Waals surface area contributed by atoms with Crippen molar-refractivity contribution in [2.75, 3.05) is 26.4 Å². The minimum absolute atomic E-state index is 0.170. The Balaban J connectivity index is 1.42. The maximum absolute atomic E-state index is 12.5. The zero-order valence-electron chi connectivity index (χ0n) is 17.2. The van der Waals surface area contributed by atoms with Crippen LogP contribution in [0.25, 0.3) is 0 Å². The Labute approximate surface area is 166 Å². The first kappa shape index (κ1) is 21.5. The Morgan fingerprint density at radius 1 is 0.679 bits per heavy atom. The molecule has 8 nitrogen and oxygen atoms in total. The molecule has 3 aliphatic rings. The van der Waals surface area contributed by atoms with Crippen LogP contribution in [0.2, 0.25) is 0 Å². The van der Waals surface area contributed by atoms with Gasteiger partial charge in [0.1, 0.15) is 23.0 Å². The largest absolute Gasteiger partial charge is 0.462 e. The third-order valence-electron chi connectivity index (χ3n) is 5.70. The summed E-state index contributed by atoms with van der Waals surface area (Å²) < 4.78 is 33.1. The van der Waals surface area contributed by atoms with Gasteiger partial charge in [0.05, 0.1) is 26.4 Å². The molecule has 160 valence electrons. The van der Waals surface area contributed by atoms with Crippen LogP contribution in [0.5, 0.6) is 0 Å². The number of carbonyl (C=O) groups is 2. The molecule has 0 N–H and O–H groups in total. The fraction of sp³-hybridized carbons (Fsp3) is 0.900. The van der Waals surface area contributed by atoms with Crippen LogP contribution < -0.4 is 0 Å². The Kier molecular flexibility index (Phi) is 6.64. The molecule has 0 bridgehead atoms. The van der Waals surface area contributed by atoms with E-state index in [9.17, 15) is 9.59 Å². The molecule has 2 saturated heterocycles. The second-order valence-corrected chi connectivity index (χ2v) is 8.71. The average Bonchev–Trinajstić information content (AvgIpc) is 2.68. The molecule has 3 rings (SSSR count). The summed E-state index contributed by atoms with van der Waals surface area (Å²) in [6.45, 7) is 8.38. The van der Waals surface area contributed by atoms with E-state index in [0.717, 1.165) is 0 Å². The molecule has 28 heavy (non-hydrogen) atoms. The van der Waals surface area contributed by atoms with Crippen molar-refractivity contribution in [3.8, 4) is 0 Å². The van der Waals surface area contributed by atoms with Crippen LogP contribution in [-0.4, -0.2) is 63.2 Å². The fourth-order valence-electron chi connectivity index (χ4n) is 3.48. The monoisotopic (exact) mass is 400 g/mol. The van der Waals surface area contributed by atoms with Crippen molar-refractivity contribution >= 4 is 11.9 Å². The second-order valence-electron chi connectivity index (χ2n) is 8.71. The maximum Gasteiger partial charge on any atom is 0.316 e. The van der Waals surface area contributed by atoms with Crippen molar-refractivity contribution in [1.29, 1.82) is 0 Å². The van der Waals surface area contributed by atoms with E-state index < -0.39 is 10.8 Å². The number of carbonyl (C=O) groups excluding carboxylic acids is 2. The minimum Gasteiger partial charge on any atom is -0.462 e. The van der Waals surface area contributed by atoms with Gasteiger partial charge in [-0.15, -0.1) is 0 Å². The number of esters is 2. The fourth-order valence-corrected chi connectivity index (χ4v) is 3.48. The highest BCUT2D eigenvalue weighted by molar-refractivity contribution is 5.77. The first-order valence-corrected chi connectivity index (χ1v) is 10.1. The average molecular weight is 400 g/mol. The lowest BCUT2D eigenvalue weighted by atomic mass is 9.90. The third kappa shape index (κ3) is 5.03. The molecule has 0 aromatic rings. The molecular weight excluding hydrogens is 368 g/mol. The first-order chi connectivity index (χ1) is 13.2. The summed E-state index contributed by atoms with van der Waals surface area (Å²) in [5.74, 6) is -0.587. The first-order valence-electron chi connectivity index (χ1n) is 10.1. The molecule has 3 fully saturated rings. The third-order valence-corrected chi connectivity index (χ3v) is 5.70. The molecule has 0 aromatic heterocycles. The molecule has 1 aliphatic carbocycles. The maximum atomic E-state index is 12.5. The normalized spacial score (nSPS) is 41.9. The van der Waals surface area contributed by atoms with Gasteiger partial charge in [0.15, 0.2) is 12.6 Å². The molecule has 0 radical (unpaired) electrons. The van der Waals surface area contributed by atoms with Gasteiger partial charge in [-0.2, -0.15) is 0 Å². The highest BCUT2D eigenvalue weighted by atomic mass is 16.7. The predicted octanol–water partition coefficient (Wildman–Crippen LogP) is 2.18. The van der Waals surface area contributed by atoms with Crippen LogP contribution >= 0.6 is 0 Å². The summed E-state index contributed by atoms with van der Waals surface area (Å²) in [5, 5.41) is 0. The standard InChI is InChI=1S/C20H32O8/c1-13-23-9-19(3,10-24-13)17(21)27-15-5-7-16(8-6-15)28-18(22)20(4)11-25-14(2)26-12-20/h13-16H,5-12H2,1-4H3. The van der Waals surface area contributed by atoms with Gasteiger partial charge in [0.2, 0.25) is 0 Å². The second kappa shape index (κ2) is 8.65. The quantitative estimate of drug-likeness (QED) is 0.664. The molecule has 0 aromatic carbocycles. The van der Waals surface area contributed by atoms with E-state index in [1.807, 2.05) is 0 Å². The lowest BCUT2D eigenvalue weighted by Gasteiger charge is -2.37. The van der Waals surface area contributed by atoms with Crippen molar-refractivity contribution in [1.82, 2.24) is 0 Å². The summed E-state index contributed by atoms with van der Waals surface area (Å²) in [4.78, 5) is 25.1. The summed E-state index contributed by atoms with van der Waals surface area (Å²) >= 11 is 0. The van der Waals surface area contributed by atoms with Crippen LogP contribution in [0.15, 0.2) is 0 Å². The number of hydrogen-bond donors (Lipinski definition) is 0. The SMILES string of the molecule is CC1OCC(C)(C(=O)OC2CCC(OC(=O)C3(C)COC(C)OC3)CC2)CO1. The van der Waals surface area contributed by atoms with E-state index in [0.29, 0.717) is 52.1 Å². The van der Waals surface area contributed by atoms with E-state index in [2.05, 4.69) is 0 Å². The van der Waals surface area contributed by atoms with Crippen molar-refractivity contribution < 1.29 is 38.0 Å². The topological polar surface area (TPSA) is 89.5 Å². The number of rotatable bonds is 4. The van der Waals surface area contributed by atoms with Gasteiger partial charge >= 0.3 is 11.9 Å². The number of hydrogen-bond acceptors (Lipinski definition) is 8. The highest BCUT2D eigenvalue weighted by Crippen LogP contribution is 2.32. The van der Waals surface area contributed by atoms with Gasteiger partial charge in [0, 0.05) is 0 Å². The molecule has 0 spiro atoms. The van der Waals surface area contributed by atoms with Crippen LogP contribution in [0.1, 0.15) is 53.4 Å². The van der Waals surface area contributed by atoms with Crippen LogP contribution in [0.4, 0.5) is 0 Å². The van der Waals surface area contributed by atoms with Gasteiger partial charge in [-0.25, -0.2) is 0 Å². The molecule has 0 atom stereocenters. The van der Waals surface area contributed by atoms with Gasteiger partial charge in [-0.05, 0) is 53.4 Å². The van der Waals surface area contributed by atoms with E-state index in [4.69, 9.17) is 28.4 Å². The summed E-state index contributed by atoms with van der Waals surface area (Å²) in [5.41, 5.74) is -1.55. The van der Waals surface area contributed by atoms with Crippen LogP contribution in [-0.2, 0) is 38.0 Å².